The quantitative estimate of drug-likeness (QED) is 0.546. The minimum Gasteiger partial charge on any atom is -0.360 e. The van der Waals surface area contributed by atoms with Crippen LogP contribution in [0.4, 0.5) is 0 Å². The molecule has 7 heteroatoms. The lowest BCUT2D eigenvalue weighted by Crippen LogP contribution is -2.39. The van der Waals surface area contributed by atoms with E-state index < -0.39 is 0 Å². The minimum absolute atomic E-state index is 0.0538. The Labute approximate surface area is 173 Å². The van der Waals surface area contributed by atoms with Crippen molar-refractivity contribution in [2.75, 3.05) is 13.1 Å². The van der Waals surface area contributed by atoms with Crippen molar-refractivity contribution in [3.05, 3.63) is 59.3 Å². The molecule has 0 saturated carbocycles. The van der Waals surface area contributed by atoms with Crippen LogP contribution in [-0.4, -0.2) is 43.4 Å². The number of carbonyl (C=O) groups excluding carboxylic acids is 1. The van der Waals surface area contributed by atoms with E-state index in [0.29, 0.717) is 16.5 Å². The monoisotopic (exact) mass is 407 g/mol. The Bertz CT molecular complexity index is 1200. The minimum atomic E-state index is 0.0538. The van der Waals surface area contributed by atoms with Crippen LogP contribution < -0.4 is 0 Å². The van der Waals surface area contributed by atoms with Gasteiger partial charge in [-0.05, 0) is 43.9 Å². The van der Waals surface area contributed by atoms with Gasteiger partial charge in [0.2, 0.25) is 0 Å². The van der Waals surface area contributed by atoms with Crippen LogP contribution in [0.1, 0.15) is 29.0 Å². The van der Waals surface area contributed by atoms with Gasteiger partial charge >= 0.3 is 0 Å². The van der Waals surface area contributed by atoms with Crippen LogP contribution in [0.5, 0.6) is 0 Å². The van der Waals surface area contributed by atoms with E-state index >= 15 is 0 Å². The van der Waals surface area contributed by atoms with Crippen molar-refractivity contribution in [1.29, 1.82) is 0 Å². The number of carbonyl (C=O) groups is 1. The highest BCUT2D eigenvalue weighted by Gasteiger charge is 2.26. The Hall–Kier alpha value is -2.86. The number of aromatic amines is 1. The fourth-order valence-electron chi connectivity index (χ4n) is 4.39. The van der Waals surface area contributed by atoms with Crippen molar-refractivity contribution in [2.45, 2.75) is 26.3 Å². The number of likely N-dealkylation sites (tertiary alicyclic amines) is 1. The molecule has 1 amide bonds. The van der Waals surface area contributed by atoms with Gasteiger partial charge in [0.25, 0.3) is 5.91 Å². The lowest BCUT2D eigenvalue weighted by Gasteiger charge is -2.32. The molecule has 4 aromatic rings. The molecule has 1 fully saturated rings. The van der Waals surface area contributed by atoms with Crippen LogP contribution in [0.25, 0.3) is 21.9 Å². The van der Waals surface area contributed by atoms with Crippen molar-refractivity contribution in [1.82, 2.24) is 24.4 Å². The molecule has 148 valence electrons. The summed E-state index contributed by atoms with van der Waals surface area (Å²) >= 11 is 6.35. The van der Waals surface area contributed by atoms with Gasteiger partial charge in [-0.15, -0.1) is 0 Å². The molecule has 1 saturated heterocycles. The van der Waals surface area contributed by atoms with Gasteiger partial charge in [-0.25, -0.2) is 4.98 Å². The number of hydrogen-bond acceptors (Lipinski definition) is 3. The Kier molecular flexibility index (Phi) is 4.51. The van der Waals surface area contributed by atoms with Gasteiger partial charge in [-0.2, -0.15) is 0 Å². The van der Waals surface area contributed by atoms with E-state index in [9.17, 15) is 4.79 Å². The maximum absolute atomic E-state index is 13.1. The van der Waals surface area contributed by atoms with E-state index in [1.807, 2.05) is 48.5 Å². The largest absolute Gasteiger partial charge is 0.360 e. The first-order chi connectivity index (χ1) is 14.1. The van der Waals surface area contributed by atoms with Gasteiger partial charge in [-0.1, -0.05) is 17.7 Å². The Balaban J connectivity index is 1.30. The lowest BCUT2D eigenvalue weighted by molar-refractivity contribution is 0.0685. The van der Waals surface area contributed by atoms with Gasteiger partial charge in [0.1, 0.15) is 11.3 Å². The predicted molar refractivity (Wildman–Crippen MR) is 114 cm³/mol. The fourth-order valence-corrected chi connectivity index (χ4v) is 4.67. The molecule has 0 bridgehead atoms. The van der Waals surface area contributed by atoms with Crippen molar-refractivity contribution in [3.8, 4) is 0 Å². The SMILES string of the molecule is Cc1nc2cnccc2n1CC1CCN(C(=O)c2c[nH]c3cccc(Cl)c23)CC1. The molecule has 1 N–H and O–H groups in total. The van der Waals surface area contributed by atoms with E-state index in [0.717, 1.165) is 60.2 Å². The number of rotatable bonds is 3. The number of hydrogen-bond donors (Lipinski definition) is 1. The zero-order chi connectivity index (χ0) is 20.0. The summed E-state index contributed by atoms with van der Waals surface area (Å²) in [4.78, 5) is 27.0. The number of aromatic nitrogens is 4. The van der Waals surface area contributed by atoms with Crippen LogP contribution in [0.15, 0.2) is 42.9 Å². The van der Waals surface area contributed by atoms with E-state index in [4.69, 9.17) is 11.6 Å². The average molecular weight is 408 g/mol. The molecule has 1 aliphatic heterocycles. The summed E-state index contributed by atoms with van der Waals surface area (Å²) < 4.78 is 2.28. The van der Waals surface area contributed by atoms with Crippen molar-refractivity contribution >= 4 is 39.4 Å². The summed E-state index contributed by atoms with van der Waals surface area (Å²) in [6.45, 7) is 4.48. The van der Waals surface area contributed by atoms with Gasteiger partial charge in [0, 0.05) is 42.9 Å². The molecular weight excluding hydrogens is 386 g/mol. The van der Waals surface area contributed by atoms with E-state index in [1.165, 1.54) is 0 Å². The van der Waals surface area contributed by atoms with Gasteiger partial charge in [-0.3, -0.25) is 9.78 Å². The number of imidazole rings is 1. The number of H-pyrrole nitrogens is 1. The normalized spacial score (nSPS) is 15.4. The first kappa shape index (κ1) is 18.2. The molecule has 0 atom stereocenters. The van der Waals surface area contributed by atoms with Crippen LogP contribution >= 0.6 is 11.6 Å². The van der Waals surface area contributed by atoms with Crippen LogP contribution in [-0.2, 0) is 6.54 Å². The maximum atomic E-state index is 13.1. The summed E-state index contributed by atoms with van der Waals surface area (Å²) in [6, 6.07) is 7.68. The number of amides is 1. The number of piperidine rings is 1. The van der Waals surface area contributed by atoms with Crippen LogP contribution in [0, 0.1) is 12.8 Å². The lowest BCUT2D eigenvalue weighted by atomic mass is 9.96. The maximum Gasteiger partial charge on any atom is 0.256 e. The number of pyridine rings is 1. The number of fused-ring (bicyclic) bond motifs is 2. The van der Waals surface area contributed by atoms with Crippen molar-refractivity contribution in [3.63, 3.8) is 0 Å². The highest BCUT2D eigenvalue weighted by atomic mass is 35.5. The Morgan fingerprint density at radius 1 is 1.28 bits per heavy atom. The summed E-state index contributed by atoms with van der Waals surface area (Å²) in [6.07, 6.45) is 7.36. The van der Waals surface area contributed by atoms with Crippen molar-refractivity contribution in [2.24, 2.45) is 5.92 Å². The number of nitrogens with one attached hydrogen (secondary N) is 1. The zero-order valence-electron chi connectivity index (χ0n) is 16.2. The first-order valence-corrected chi connectivity index (χ1v) is 10.3. The molecule has 29 heavy (non-hydrogen) atoms. The third-order valence-corrected chi connectivity index (χ3v) is 6.28. The number of aryl methyl sites for hydroxylation is 1. The third-order valence-electron chi connectivity index (χ3n) is 5.97. The summed E-state index contributed by atoms with van der Waals surface area (Å²) in [7, 11) is 0. The average Bonchev–Trinajstić information content (AvgIpc) is 3.30. The molecule has 5 rings (SSSR count). The summed E-state index contributed by atoms with van der Waals surface area (Å²) in [5, 5.41) is 1.43. The molecule has 0 spiro atoms. The van der Waals surface area contributed by atoms with Gasteiger partial charge in [0.15, 0.2) is 0 Å². The molecule has 3 aromatic heterocycles. The van der Waals surface area contributed by atoms with E-state index in [2.05, 4.69) is 19.5 Å². The van der Waals surface area contributed by atoms with E-state index in [1.54, 1.807) is 6.20 Å². The summed E-state index contributed by atoms with van der Waals surface area (Å²) in [5.74, 6) is 1.59. The molecule has 0 radical (unpaired) electrons. The Morgan fingerprint density at radius 3 is 2.93 bits per heavy atom. The molecule has 6 nitrogen and oxygen atoms in total. The third kappa shape index (κ3) is 3.17. The molecular formula is C22H22ClN5O. The second-order valence-electron chi connectivity index (χ2n) is 7.73. The molecule has 1 aromatic carbocycles. The number of benzene rings is 1. The fraction of sp³-hybridized carbons (Fsp3) is 0.318. The number of nitrogens with zero attached hydrogens (tertiary/aromatic N) is 4. The molecule has 1 aliphatic rings. The van der Waals surface area contributed by atoms with Crippen LogP contribution in [0.2, 0.25) is 5.02 Å². The molecule has 0 unspecified atom stereocenters. The molecule has 0 aliphatic carbocycles. The standard InChI is InChI=1S/C22H22ClN5O/c1-14-26-19-12-24-8-5-20(19)28(14)13-15-6-9-27(10-7-15)22(29)16-11-25-18-4-2-3-17(23)21(16)18/h2-5,8,11-12,15,25H,6-7,9-10,13H2,1H3. The first-order valence-electron chi connectivity index (χ1n) is 9.93. The summed E-state index contributed by atoms with van der Waals surface area (Å²) in [5.41, 5.74) is 3.62. The van der Waals surface area contributed by atoms with Gasteiger partial charge < -0.3 is 14.5 Å². The smallest absolute Gasteiger partial charge is 0.256 e. The second-order valence-corrected chi connectivity index (χ2v) is 8.14. The highest BCUT2D eigenvalue weighted by molar-refractivity contribution is 6.36. The second kappa shape index (κ2) is 7.19. The molecule has 4 heterocycles. The van der Waals surface area contributed by atoms with Gasteiger partial charge in [0.05, 0.1) is 22.3 Å². The topological polar surface area (TPSA) is 66.8 Å². The Morgan fingerprint density at radius 2 is 2.10 bits per heavy atom. The van der Waals surface area contributed by atoms with Crippen molar-refractivity contribution < 1.29 is 4.79 Å². The number of halogens is 1. The predicted octanol–water partition coefficient (Wildman–Crippen LogP) is 4.43. The van der Waals surface area contributed by atoms with E-state index in [-0.39, 0.29) is 5.91 Å². The van der Waals surface area contributed by atoms with Crippen LogP contribution in [0.3, 0.4) is 0 Å². The highest BCUT2D eigenvalue weighted by Crippen LogP contribution is 2.29. The zero-order valence-corrected chi connectivity index (χ0v) is 17.0.